The largest absolute Gasteiger partial charge is 0.497 e. The van der Waals surface area contributed by atoms with Gasteiger partial charge in [-0.2, -0.15) is 0 Å². The molecule has 0 aromatic heterocycles. The molecule has 0 unspecified atom stereocenters. The number of anilines is 1. The van der Waals surface area contributed by atoms with Crippen LogP contribution in [0.1, 0.15) is 56.8 Å². The molecule has 0 fully saturated rings. The van der Waals surface area contributed by atoms with Crippen LogP contribution in [0, 0.1) is 13.8 Å². The first-order valence-electron chi connectivity index (χ1n) is 11.4. The summed E-state index contributed by atoms with van der Waals surface area (Å²) in [6.45, 7) is 8.06. The number of ketones is 1. The molecular weight excluding hydrogens is 424 g/mol. The van der Waals surface area contributed by atoms with E-state index >= 15 is 0 Å². The van der Waals surface area contributed by atoms with Gasteiger partial charge in [-0.1, -0.05) is 36.4 Å². The summed E-state index contributed by atoms with van der Waals surface area (Å²) in [5.41, 5.74) is 6.27. The van der Waals surface area contributed by atoms with Crippen molar-refractivity contribution in [2.24, 2.45) is 0 Å². The predicted octanol–water partition coefficient (Wildman–Crippen LogP) is 5.71. The lowest BCUT2D eigenvalue weighted by Gasteiger charge is -2.35. The Labute approximate surface area is 200 Å². The number of methoxy groups -OCH3 is 1. The van der Waals surface area contributed by atoms with Crippen molar-refractivity contribution in [3.8, 4) is 5.75 Å². The van der Waals surface area contributed by atoms with Gasteiger partial charge in [0.15, 0.2) is 5.78 Å². The van der Waals surface area contributed by atoms with Gasteiger partial charge in [0, 0.05) is 39.7 Å². The Hall–Kier alpha value is -3.86. The van der Waals surface area contributed by atoms with Crippen molar-refractivity contribution in [3.05, 3.63) is 100 Å². The third-order valence-electron chi connectivity index (χ3n) is 6.10. The molecule has 1 aliphatic rings. The second-order valence-corrected chi connectivity index (χ2v) is 9.43. The van der Waals surface area contributed by atoms with E-state index in [2.05, 4.69) is 30.5 Å². The van der Waals surface area contributed by atoms with E-state index < -0.39 is 0 Å². The molecule has 34 heavy (non-hydrogen) atoms. The van der Waals surface area contributed by atoms with Gasteiger partial charge in [-0.05, 0) is 75.1 Å². The Kier molecular flexibility index (Phi) is 6.29. The molecule has 0 spiro atoms. The van der Waals surface area contributed by atoms with E-state index in [0.29, 0.717) is 16.8 Å². The summed E-state index contributed by atoms with van der Waals surface area (Å²) in [5, 5.41) is 6.44. The van der Waals surface area contributed by atoms with E-state index in [4.69, 9.17) is 4.74 Å². The summed E-state index contributed by atoms with van der Waals surface area (Å²) >= 11 is 0. The molecule has 0 bridgehead atoms. The van der Waals surface area contributed by atoms with E-state index in [0.717, 1.165) is 34.6 Å². The first-order valence-corrected chi connectivity index (χ1v) is 11.4. The Morgan fingerprint density at radius 3 is 2.41 bits per heavy atom. The summed E-state index contributed by atoms with van der Waals surface area (Å²) < 4.78 is 5.40. The van der Waals surface area contributed by atoms with E-state index in [9.17, 15) is 9.59 Å². The van der Waals surface area contributed by atoms with Crippen LogP contribution in [0.3, 0.4) is 0 Å². The van der Waals surface area contributed by atoms with Crippen LogP contribution in [0.2, 0.25) is 0 Å². The smallest absolute Gasteiger partial charge is 0.256 e. The quantitative estimate of drug-likeness (QED) is 0.383. The maximum atomic E-state index is 13.2. The minimum Gasteiger partial charge on any atom is -0.497 e. The molecule has 1 amide bonds. The number of hydrogen-bond donors (Lipinski definition) is 2. The molecule has 5 heteroatoms. The molecule has 5 nitrogen and oxygen atoms in total. The molecule has 174 valence electrons. The molecule has 0 saturated heterocycles. The van der Waals surface area contributed by atoms with Crippen molar-refractivity contribution < 1.29 is 14.3 Å². The minimum absolute atomic E-state index is 0.142. The lowest BCUT2D eigenvalue weighted by molar-refractivity contribution is 0.102. The number of benzene rings is 3. The maximum Gasteiger partial charge on any atom is 0.256 e. The molecule has 0 aliphatic carbocycles. The molecule has 1 aliphatic heterocycles. The second-order valence-electron chi connectivity index (χ2n) is 9.43. The number of amides is 1. The maximum absolute atomic E-state index is 13.2. The van der Waals surface area contributed by atoms with Crippen molar-refractivity contribution in [2.75, 3.05) is 12.4 Å². The van der Waals surface area contributed by atoms with Crippen LogP contribution in [0.5, 0.6) is 5.75 Å². The van der Waals surface area contributed by atoms with Gasteiger partial charge in [0.1, 0.15) is 5.75 Å². The van der Waals surface area contributed by atoms with Gasteiger partial charge < -0.3 is 15.4 Å². The molecule has 4 rings (SSSR count). The van der Waals surface area contributed by atoms with Crippen molar-refractivity contribution in [2.45, 2.75) is 39.7 Å². The summed E-state index contributed by atoms with van der Waals surface area (Å²) in [6, 6.07) is 18.8. The topological polar surface area (TPSA) is 67.4 Å². The van der Waals surface area contributed by atoms with Crippen molar-refractivity contribution in [1.29, 1.82) is 0 Å². The highest BCUT2D eigenvalue weighted by Crippen LogP contribution is 2.32. The van der Waals surface area contributed by atoms with Crippen LogP contribution in [0.25, 0.3) is 5.70 Å². The number of carbonyl (C=O) groups excluding carboxylic acids is 2. The summed E-state index contributed by atoms with van der Waals surface area (Å²) in [5.74, 6) is 0.419. The van der Waals surface area contributed by atoms with Gasteiger partial charge in [-0.3, -0.25) is 9.59 Å². The molecule has 0 saturated carbocycles. The van der Waals surface area contributed by atoms with Crippen LogP contribution < -0.4 is 15.4 Å². The highest BCUT2D eigenvalue weighted by Gasteiger charge is 2.28. The summed E-state index contributed by atoms with van der Waals surface area (Å²) in [6.07, 6.45) is 2.48. The van der Waals surface area contributed by atoms with Crippen LogP contribution in [-0.2, 0) is 6.42 Å². The lowest BCUT2D eigenvalue weighted by Crippen LogP contribution is -2.43. The van der Waals surface area contributed by atoms with E-state index in [-0.39, 0.29) is 17.2 Å². The number of allylic oxidation sites excluding steroid dienone is 1. The molecule has 3 aromatic rings. The average Bonchev–Trinajstić information content (AvgIpc) is 2.78. The number of aryl methyl sites for hydroxylation is 2. The van der Waals surface area contributed by atoms with E-state index in [1.165, 1.54) is 5.56 Å². The standard InChI is InChI=1S/C29H30N2O3/c1-18-8-6-9-19(2)27(18)28(33)30-22-11-7-10-20(14-22)26(32)16-25-24-15-23(34-5)13-12-21(24)17-29(3,4)31-25/h6-16,31H,17H2,1-5H3,(H,30,33)/b25-16-. The first-order chi connectivity index (χ1) is 16.2. The van der Waals surface area contributed by atoms with Crippen LogP contribution in [0.15, 0.2) is 66.7 Å². The first kappa shape index (κ1) is 23.3. The Morgan fingerprint density at radius 1 is 1.00 bits per heavy atom. The fourth-order valence-electron chi connectivity index (χ4n) is 4.48. The number of fused-ring (bicyclic) bond motifs is 1. The van der Waals surface area contributed by atoms with Crippen LogP contribution in [0.4, 0.5) is 5.69 Å². The van der Waals surface area contributed by atoms with Gasteiger partial charge >= 0.3 is 0 Å². The zero-order valence-corrected chi connectivity index (χ0v) is 20.3. The molecule has 0 atom stereocenters. The fraction of sp³-hybridized carbons (Fsp3) is 0.241. The van der Waals surface area contributed by atoms with Gasteiger partial charge in [-0.15, -0.1) is 0 Å². The molecule has 0 radical (unpaired) electrons. The van der Waals surface area contributed by atoms with Crippen LogP contribution in [-0.4, -0.2) is 24.3 Å². The lowest BCUT2D eigenvalue weighted by atomic mass is 9.85. The van der Waals surface area contributed by atoms with Crippen molar-refractivity contribution >= 4 is 23.1 Å². The Bertz CT molecular complexity index is 1280. The number of rotatable bonds is 5. The zero-order valence-electron chi connectivity index (χ0n) is 20.3. The van der Waals surface area contributed by atoms with E-state index in [1.54, 1.807) is 37.5 Å². The number of nitrogens with one attached hydrogen (secondary N) is 2. The van der Waals surface area contributed by atoms with Gasteiger partial charge in [-0.25, -0.2) is 0 Å². The average molecular weight is 455 g/mol. The fourth-order valence-corrected chi connectivity index (χ4v) is 4.48. The highest BCUT2D eigenvalue weighted by molar-refractivity contribution is 6.10. The Morgan fingerprint density at radius 2 is 1.71 bits per heavy atom. The second kappa shape index (κ2) is 9.18. The van der Waals surface area contributed by atoms with Gasteiger partial charge in [0.2, 0.25) is 0 Å². The third kappa shape index (κ3) is 4.88. The molecule has 1 heterocycles. The Balaban J connectivity index is 1.62. The van der Waals surface area contributed by atoms with E-state index in [1.807, 2.05) is 44.2 Å². The van der Waals surface area contributed by atoms with Gasteiger partial charge in [0.25, 0.3) is 5.91 Å². The molecule has 2 N–H and O–H groups in total. The highest BCUT2D eigenvalue weighted by atomic mass is 16.5. The monoisotopic (exact) mass is 454 g/mol. The summed E-state index contributed by atoms with van der Waals surface area (Å²) in [7, 11) is 1.63. The zero-order chi connectivity index (χ0) is 24.5. The number of hydrogen-bond acceptors (Lipinski definition) is 4. The minimum atomic E-state index is -0.186. The summed E-state index contributed by atoms with van der Waals surface area (Å²) in [4.78, 5) is 26.1. The number of ether oxygens (including phenoxy) is 1. The predicted molar refractivity (Wildman–Crippen MR) is 137 cm³/mol. The number of carbonyl (C=O) groups is 2. The van der Waals surface area contributed by atoms with Crippen LogP contribution >= 0.6 is 0 Å². The molecule has 3 aromatic carbocycles. The van der Waals surface area contributed by atoms with Crippen molar-refractivity contribution in [3.63, 3.8) is 0 Å². The molecular formula is C29H30N2O3. The van der Waals surface area contributed by atoms with Gasteiger partial charge in [0.05, 0.1) is 7.11 Å². The SMILES string of the molecule is COc1ccc2c(c1)/C(=C/C(=O)c1cccc(NC(=O)c3c(C)cccc3C)c1)NC(C)(C)C2. The van der Waals surface area contributed by atoms with Crippen molar-refractivity contribution in [1.82, 2.24) is 5.32 Å². The normalized spacial score (nSPS) is 15.3. The third-order valence-corrected chi connectivity index (χ3v) is 6.10.